The van der Waals surface area contributed by atoms with Crippen molar-refractivity contribution in [2.45, 2.75) is 44.4 Å². The van der Waals surface area contributed by atoms with Gasteiger partial charge in [0.1, 0.15) is 13.2 Å². The Morgan fingerprint density at radius 1 is 1.15 bits per heavy atom. The van der Waals surface area contributed by atoms with Crippen molar-refractivity contribution in [2.75, 3.05) is 20.3 Å². The number of rotatable bonds is 7. The van der Waals surface area contributed by atoms with Gasteiger partial charge in [-0.1, -0.05) is 24.3 Å². The molecule has 0 unspecified atom stereocenters. The molecule has 1 aromatic rings. The van der Waals surface area contributed by atoms with Crippen molar-refractivity contribution in [1.29, 1.82) is 0 Å². The zero-order valence-electron chi connectivity index (χ0n) is 18.5. The fraction of sp³-hybridized carbons (Fsp3) is 0.400. The lowest BCUT2D eigenvalue weighted by atomic mass is 9.71. The maximum atomic E-state index is 13.2. The van der Waals surface area contributed by atoms with Gasteiger partial charge in [0.15, 0.2) is 23.1 Å². The average molecular weight is 472 g/mol. The highest BCUT2D eigenvalue weighted by atomic mass is 35.5. The quantitative estimate of drug-likeness (QED) is 0.588. The number of ether oxygens (including phenoxy) is 2. The first-order valence-electron chi connectivity index (χ1n) is 11.0. The van der Waals surface area contributed by atoms with E-state index in [1.54, 1.807) is 23.1 Å². The van der Waals surface area contributed by atoms with E-state index < -0.39 is 11.9 Å². The topological polar surface area (TPSA) is 93.1 Å². The van der Waals surface area contributed by atoms with Gasteiger partial charge in [0.2, 0.25) is 0 Å². The van der Waals surface area contributed by atoms with Gasteiger partial charge in [0, 0.05) is 41.3 Å². The van der Waals surface area contributed by atoms with E-state index in [-0.39, 0.29) is 24.7 Å². The van der Waals surface area contributed by atoms with Gasteiger partial charge in [-0.25, -0.2) is 0 Å². The third kappa shape index (κ3) is 4.17. The van der Waals surface area contributed by atoms with Gasteiger partial charge in [0.25, 0.3) is 0 Å². The van der Waals surface area contributed by atoms with E-state index in [1.165, 1.54) is 7.11 Å². The molecule has 0 bridgehead atoms. The lowest BCUT2D eigenvalue weighted by Gasteiger charge is -2.43. The van der Waals surface area contributed by atoms with E-state index in [0.717, 1.165) is 0 Å². The molecule has 0 fully saturated rings. The molecule has 1 aliphatic heterocycles. The summed E-state index contributed by atoms with van der Waals surface area (Å²) < 4.78 is 11.2. The first kappa shape index (κ1) is 23.1. The van der Waals surface area contributed by atoms with Gasteiger partial charge in [-0.2, -0.15) is 0 Å². The predicted molar refractivity (Wildman–Crippen MR) is 123 cm³/mol. The maximum Gasteiger partial charge on any atom is 0.323 e. The third-order valence-electron chi connectivity index (χ3n) is 6.31. The first-order valence-corrected chi connectivity index (χ1v) is 11.4. The van der Waals surface area contributed by atoms with E-state index >= 15 is 0 Å². The fourth-order valence-electron chi connectivity index (χ4n) is 5.06. The first-order chi connectivity index (χ1) is 15.9. The Labute approximate surface area is 197 Å². The Hall–Kier alpha value is -3.06. The van der Waals surface area contributed by atoms with Crippen LogP contribution in [0.15, 0.2) is 47.3 Å². The SMILES string of the molecule is C=CCOc1c(Cl)cc(C2C3=C(CCCC3=O)N(CC(=O)O)C3=C2C(=O)CCC3)cc1OC. The number of carboxylic acid groups (broad SMARTS) is 1. The number of aliphatic carboxylic acids is 1. The van der Waals surface area contributed by atoms with Crippen molar-refractivity contribution in [3.8, 4) is 11.5 Å². The Kier molecular flexibility index (Phi) is 6.61. The number of carboxylic acids is 1. The van der Waals surface area contributed by atoms with Crippen molar-refractivity contribution in [3.05, 3.63) is 57.9 Å². The molecule has 4 rings (SSSR count). The molecule has 1 aromatic carbocycles. The van der Waals surface area contributed by atoms with Crippen LogP contribution in [0.3, 0.4) is 0 Å². The van der Waals surface area contributed by atoms with Crippen molar-refractivity contribution >= 4 is 29.1 Å². The zero-order valence-corrected chi connectivity index (χ0v) is 19.2. The molecule has 33 heavy (non-hydrogen) atoms. The molecule has 2 aliphatic carbocycles. The van der Waals surface area contributed by atoms with Crippen LogP contribution < -0.4 is 9.47 Å². The lowest BCUT2D eigenvalue weighted by molar-refractivity contribution is -0.138. The van der Waals surface area contributed by atoms with Crippen LogP contribution in [0.25, 0.3) is 0 Å². The number of ketones is 2. The van der Waals surface area contributed by atoms with E-state index in [9.17, 15) is 19.5 Å². The molecule has 0 amide bonds. The molecular formula is C25H26ClNO6. The summed E-state index contributed by atoms with van der Waals surface area (Å²) in [5, 5.41) is 9.86. The van der Waals surface area contributed by atoms with Crippen LogP contribution in [-0.2, 0) is 14.4 Å². The van der Waals surface area contributed by atoms with Gasteiger partial charge in [0.05, 0.1) is 12.1 Å². The Morgan fingerprint density at radius 2 is 1.76 bits per heavy atom. The molecule has 7 nitrogen and oxygen atoms in total. The minimum Gasteiger partial charge on any atom is -0.493 e. The number of allylic oxidation sites excluding steroid dienone is 4. The number of carbonyl (C=O) groups is 3. The Bertz CT molecular complexity index is 1060. The minimum absolute atomic E-state index is 0.0661. The Morgan fingerprint density at radius 3 is 2.27 bits per heavy atom. The van der Waals surface area contributed by atoms with Gasteiger partial charge in [-0.3, -0.25) is 14.4 Å². The second-order valence-corrected chi connectivity index (χ2v) is 8.73. The molecule has 0 saturated heterocycles. The Balaban J connectivity index is 1.94. The second kappa shape index (κ2) is 9.43. The van der Waals surface area contributed by atoms with E-state index in [2.05, 4.69) is 6.58 Å². The highest BCUT2D eigenvalue weighted by molar-refractivity contribution is 6.32. The van der Waals surface area contributed by atoms with Gasteiger partial charge in [-0.05, 0) is 43.4 Å². The molecule has 174 valence electrons. The van der Waals surface area contributed by atoms with E-state index in [1.807, 2.05) is 0 Å². The van der Waals surface area contributed by atoms with Crippen LogP contribution in [0.4, 0.5) is 0 Å². The zero-order chi connectivity index (χ0) is 23.7. The van der Waals surface area contributed by atoms with E-state index in [0.29, 0.717) is 83.2 Å². The highest BCUT2D eigenvalue weighted by Crippen LogP contribution is 2.51. The largest absolute Gasteiger partial charge is 0.493 e. The molecule has 0 radical (unpaired) electrons. The molecule has 8 heteroatoms. The number of hydrogen-bond acceptors (Lipinski definition) is 6. The van der Waals surface area contributed by atoms with Crippen molar-refractivity contribution in [2.24, 2.45) is 0 Å². The highest BCUT2D eigenvalue weighted by Gasteiger charge is 2.44. The molecule has 3 aliphatic rings. The third-order valence-corrected chi connectivity index (χ3v) is 6.59. The number of nitrogens with zero attached hydrogens (tertiary/aromatic N) is 1. The molecule has 0 saturated carbocycles. The monoisotopic (exact) mass is 471 g/mol. The van der Waals surface area contributed by atoms with Gasteiger partial charge in [-0.15, -0.1) is 0 Å². The summed E-state index contributed by atoms with van der Waals surface area (Å²) in [6, 6.07) is 3.46. The standard InChI is InChI=1S/C25H26ClNO6/c1-3-10-33-25-15(26)11-14(12-20(25)32-2)22-23-16(6-4-8-18(23)28)27(13-21(30)31)17-7-5-9-19(29)24(17)22/h3,11-12,22H,1,4-10,13H2,2H3,(H,30,31). The van der Waals surface area contributed by atoms with Crippen LogP contribution in [-0.4, -0.2) is 47.8 Å². The molecule has 1 heterocycles. The van der Waals surface area contributed by atoms with Gasteiger partial charge < -0.3 is 19.5 Å². The summed E-state index contributed by atoms with van der Waals surface area (Å²) in [7, 11) is 1.50. The van der Waals surface area contributed by atoms with Gasteiger partial charge >= 0.3 is 5.97 Å². The normalized spacial score (nSPS) is 18.8. The number of carbonyl (C=O) groups excluding carboxylic acids is 2. The van der Waals surface area contributed by atoms with Crippen LogP contribution in [0.2, 0.25) is 5.02 Å². The number of methoxy groups -OCH3 is 1. The fourth-order valence-corrected chi connectivity index (χ4v) is 5.34. The van der Waals surface area contributed by atoms with Crippen LogP contribution in [0.1, 0.15) is 50.0 Å². The number of benzene rings is 1. The molecule has 0 atom stereocenters. The molecule has 1 N–H and O–H groups in total. The summed E-state index contributed by atoms with van der Waals surface area (Å²) in [6.45, 7) is 3.61. The average Bonchev–Trinajstić information content (AvgIpc) is 2.78. The summed E-state index contributed by atoms with van der Waals surface area (Å²) >= 11 is 6.56. The summed E-state index contributed by atoms with van der Waals surface area (Å²) in [5.74, 6) is -0.994. The molecule has 0 spiro atoms. The number of hydrogen-bond donors (Lipinski definition) is 1. The summed E-state index contributed by atoms with van der Waals surface area (Å²) in [4.78, 5) is 39.8. The maximum absolute atomic E-state index is 13.2. The van der Waals surface area contributed by atoms with Crippen molar-refractivity contribution in [1.82, 2.24) is 4.90 Å². The lowest BCUT2D eigenvalue weighted by Crippen LogP contribution is -2.41. The second-order valence-electron chi connectivity index (χ2n) is 8.32. The molecule has 0 aromatic heterocycles. The number of halogens is 1. The van der Waals surface area contributed by atoms with Crippen LogP contribution in [0, 0.1) is 0 Å². The minimum atomic E-state index is -1.00. The van der Waals surface area contributed by atoms with Crippen LogP contribution >= 0.6 is 11.6 Å². The summed E-state index contributed by atoms with van der Waals surface area (Å²) in [6.07, 6.45) is 4.78. The van der Waals surface area contributed by atoms with Crippen LogP contribution in [0.5, 0.6) is 11.5 Å². The number of Topliss-reactive ketones (excluding diaryl/α,β-unsaturated/α-hetero) is 2. The predicted octanol–water partition coefficient (Wildman–Crippen LogP) is 4.41. The smallest absolute Gasteiger partial charge is 0.323 e. The van der Waals surface area contributed by atoms with E-state index in [4.69, 9.17) is 21.1 Å². The summed E-state index contributed by atoms with van der Waals surface area (Å²) in [5.41, 5.74) is 3.05. The molecular weight excluding hydrogens is 446 g/mol. The van der Waals surface area contributed by atoms with Crippen molar-refractivity contribution < 1.29 is 29.0 Å². The van der Waals surface area contributed by atoms with Crippen molar-refractivity contribution in [3.63, 3.8) is 0 Å².